The molecule has 2 rings (SSSR count). The fraction of sp³-hybridized carbons (Fsp3) is 0.462. The fourth-order valence-corrected chi connectivity index (χ4v) is 3.45. The molecule has 1 saturated heterocycles. The lowest BCUT2D eigenvalue weighted by atomic mass is 10.0. The zero-order chi connectivity index (χ0) is 16.3. The Morgan fingerprint density at radius 1 is 1.32 bits per heavy atom. The van der Waals surface area contributed by atoms with Crippen LogP contribution in [0.2, 0.25) is 0 Å². The van der Waals surface area contributed by atoms with Crippen LogP contribution in [-0.2, 0) is 19.6 Å². The molecule has 2 N–H and O–H groups in total. The van der Waals surface area contributed by atoms with E-state index in [1.54, 1.807) is 0 Å². The maximum atomic E-state index is 12.5. The van der Waals surface area contributed by atoms with Crippen molar-refractivity contribution in [1.29, 1.82) is 0 Å². The molecule has 1 aliphatic heterocycles. The van der Waals surface area contributed by atoms with Gasteiger partial charge in [0.25, 0.3) is 6.43 Å². The van der Waals surface area contributed by atoms with Gasteiger partial charge in [-0.05, 0) is 18.6 Å². The predicted octanol–water partition coefficient (Wildman–Crippen LogP) is 1.39. The van der Waals surface area contributed by atoms with Gasteiger partial charge in [0, 0.05) is 18.1 Å². The molecule has 1 aliphatic rings. The Hall–Kier alpha value is -1.58. The molecule has 0 radical (unpaired) electrons. The first kappa shape index (κ1) is 16.8. The summed E-state index contributed by atoms with van der Waals surface area (Å²) >= 11 is 0. The minimum Gasteiger partial charge on any atom is -0.480 e. The molecule has 6 nitrogen and oxygen atoms in total. The minimum absolute atomic E-state index is 0.157. The van der Waals surface area contributed by atoms with Crippen LogP contribution in [0.4, 0.5) is 8.78 Å². The molecule has 1 heterocycles. The monoisotopic (exact) mass is 335 g/mol. The van der Waals surface area contributed by atoms with Gasteiger partial charge in [0.15, 0.2) is 0 Å². The summed E-state index contributed by atoms with van der Waals surface area (Å²) in [5.74, 6) is -1.77. The number of carboxylic acid groups (broad SMARTS) is 1. The van der Waals surface area contributed by atoms with Gasteiger partial charge in [-0.1, -0.05) is 12.1 Å². The van der Waals surface area contributed by atoms with E-state index in [2.05, 4.69) is 4.72 Å². The number of alkyl halides is 2. The number of nitrogens with one attached hydrogen (secondary N) is 1. The molecule has 0 amide bonds. The van der Waals surface area contributed by atoms with Crippen LogP contribution in [0.1, 0.15) is 18.4 Å². The van der Waals surface area contributed by atoms with Crippen molar-refractivity contribution in [3.63, 3.8) is 0 Å². The molecule has 1 fully saturated rings. The highest BCUT2D eigenvalue weighted by atomic mass is 32.2. The van der Waals surface area contributed by atoms with Crippen molar-refractivity contribution in [2.75, 3.05) is 13.2 Å². The largest absolute Gasteiger partial charge is 0.480 e. The van der Waals surface area contributed by atoms with E-state index in [-0.39, 0.29) is 17.1 Å². The second kappa shape index (κ2) is 6.67. The summed E-state index contributed by atoms with van der Waals surface area (Å²) in [7, 11) is -4.12. The van der Waals surface area contributed by atoms with Crippen LogP contribution in [0.15, 0.2) is 29.2 Å². The molecular weight excluding hydrogens is 320 g/mol. The van der Waals surface area contributed by atoms with Crippen LogP contribution in [0.3, 0.4) is 0 Å². The Morgan fingerprint density at radius 2 is 1.95 bits per heavy atom. The summed E-state index contributed by atoms with van der Waals surface area (Å²) in [6.07, 6.45) is -2.27. The highest BCUT2D eigenvalue weighted by Gasteiger charge is 2.35. The van der Waals surface area contributed by atoms with E-state index in [1.165, 1.54) is 0 Å². The Bertz CT molecular complexity index is 626. The normalized spacial score (nSPS) is 20.2. The van der Waals surface area contributed by atoms with Crippen molar-refractivity contribution in [2.24, 2.45) is 5.92 Å². The molecule has 2 atom stereocenters. The van der Waals surface area contributed by atoms with Crippen molar-refractivity contribution in [2.45, 2.75) is 23.8 Å². The molecule has 9 heteroatoms. The van der Waals surface area contributed by atoms with E-state index in [9.17, 15) is 27.1 Å². The Kier molecular flexibility index (Phi) is 5.09. The molecule has 122 valence electrons. The van der Waals surface area contributed by atoms with Crippen LogP contribution in [-0.4, -0.2) is 38.7 Å². The first-order valence-electron chi connectivity index (χ1n) is 6.52. The number of aliphatic carboxylic acids is 1. The zero-order valence-electron chi connectivity index (χ0n) is 11.4. The molecule has 0 aliphatic carbocycles. The number of carbonyl (C=O) groups is 1. The summed E-state index contributed by atoms with van der Waals surface area (Å²) in [4.78, 5) is 11.0. The van der Waals surface area contributed by atoms with E-state index in [4.69, 9.17) is 4.74 Å². The molecule has 22 heavy (non-hydrogen) atoms. The average molecular weight is 335 g/mol. The Balaban J connectivity index is 2.19. The standard InChI is InChI=1S/C13H15F2NO5S/c14-12(15)8-1-3-10(4-2-8)22(19,20)16-11(13(17)18)9-5-6-21-7-9/h1-4,9,11-12,16H,5-7H2,(H,17,18). The highest BCUT2D eigenvalue weighted by molar-refractivity contribution is 7.89. The SMILES string of the molecule is O=C(O)C(NS(=O)(=O)c1ccc(C(F)F)cc1)C1CCOC1. The van der Waals surface area contributed by atoms with Gasteiger partial charge in [0.1, 0.15) is 6.04 Å². The van der Waals surface area contributed by atoms with Crippen LogP contribution in [0.5, 0.6) is 0 Å². The molecule has 0 aromatic heterocycles. The third kappa shape index (κ3) is 3.79. The third-order valence-electron chi connectivity index (χ3n) is 3.43. The van der Waals surface area contributed by atoms with Gasteiger partial charge in [0.2, 0.25) is 10.0 Å². The van der Waals surface area contributed by atoms with Gasteiger partial charge >= 0.3 is 5.97 Å². The topological polar surface area (TPSA) is 92.7 Å². The van der Waals surface area contributed by atoms with E-state index in [1.807, 2.05) is 0 Å². The maximum absolute atomic E-state index is 12.5. The van der Waals surface area contributed by atoms with Crippen molar-refractivity contribution in [3.05, 3.63) is 29.8 Å². The van der Waals surface area contributed by atoms with Crippen LogP contribution in [0.25, 0.3) is 0 Å². The number of sulfonamides is 1. The summed E-state index contributed by atoms with van der Waals surface area (Å²) in [5, 5.41) is 9.18. The molecule has 2 unspecified atom stereocenters. The number of halogens is 2. The lowest BCUT2D eigenvalue weighted by molar-refractivity contribution is -0.140. The second-order valence-electron chi connectivity index (χ2n) is 4.93. The van der Waals surface area contributed by atoms with Gasteiger partial charge in [-0.15, -0.1) is 0 Å². The van der Waals surface area contributed by atoms with Crippen molar-refractivity contribution in [1.82, 2.24) is 4.72 Å². The predicted molar refractivity (Wildman–Crippen MR) is 72.1 cm³/mol. The van der Waals surface area contributed by atoms with Gasteiger partial charge < -0.3 is 9.84 Å². The van der Waals surface area contributed by atoms with Gasteiger partial charge in [0.05, 0.1) is 11.5 Å². The number of carboxylic acids is 1. The number of hydrogen-bond acceptors (Lipinski definition) is 4. The van der Waals surface area contributed by atoms with Crippen LogP contribution < -0.4 is 4.72 Å². The van der Waals surface area contributed by atoms with Crippen molar-refractivity contribution < 1.29 is 31.8 Å². The Morgan fingerprint density at radius 3 is 2.41 bits per heavy atom. The molecule has 1 aromatic rings. The summed E-state index contributed by atoms with van der Waals surface area (Å²) < 4.78 is 56.5. The Labute approximate surface area is 126 Å². The summed E-state index contributed by atoms with van der Waals surface area (Å²) in [6.45, 7) is 0.531. The highest BCUT2D eigenvalue weighted by Crippen LogP contribution is 2.22. The van der Waals surface area contributed by atoms with Crippen LogP contribution in [0, 0.1) is 5.92 Å². The molecule has 0 saturated carbocycles. The smallest absolute Gasteiger partial charge is 0.322 e. The second-order valence-corrected chi connectivity index (χ2v) is 6.64. The van der Waals surface area contributed by atoms with Gasteiger partial charge in [-0.2, -0.15) is 4.72 Å². The molecule has 1 aromatic carbocycles. The number of rotatable bonds is 6. The number of ether oxygens (including phenoxy) is 1. The maximum Gasteiger partial charge on any atom is 0.322 e. The summed E-state index contributed by atoms with van der Waals surface area (Å²) in [6, 6.07) is 2.71. The van der Waals surface area contributed by atoms with Gasteiger partial charge in [-0.3, -0.25) is 4.79 Å². The summed E-state index contributed by atoms with van der Waals surface area (Å²) in [5.41, 5.74) is -0.307. The molecule has 0 spiro atoms. The first-order valence-corrected chi connectivity index (χ1v) is 8.00. The average Bonchev–Trinajstić information content (AvgIpc) is 2.98. The van der Waals surface area contributed by atoms with E-state index < -0.39 is 34.4 Å². The number of benzene rings is 1. The zero-order valence-corrected chi connectivity index (χ0v) is 12.2. The lowest BCUT2D eigenvalue weighted by Crippen LogP contribution is -2.46. The lowest BCUT2D eigenvalue weighted by Gasteiger charge is -2.19. The van der Waals surface area contributed by atoms with Crippen LogP contribution >= 0.6 is 0 Å². The first-order chi connectivity index (χ1) is 10.3. The third-order valence-corrected chi connectivity index (χ3v) is 4.88. The van der Waals surface area contributed by atoms with E-state index >= 15 is 0 Å². The molecule has 0 bridgehead atoms. The van der Waals surface area contributed by atoms with E-state index in [0.717, 1.165) is 24.3 Å². The van der Waals surface area contributed by atoms with Gasteiger partial charge in [-0.25, -0.2) is 17.2 Å². The van der Waals surface area contributed by atoms with Crippen molar-refractivity contribution in [3.8, 4) is 0 Å². The minimum atomic E-state index is -4.12. The fourth-order valence-electron chi connectivity index (χ4n) is 2.19. The molecular formula is C13H15F2NO5S. The quantitative estimate of drug-likeness (QED) is 0.819. The van der Waals surface area contributed by atoms with Crippen molar-refractivity contribution >= 4 is 16.0 Å². The number of hydrogen-bond donors (Lipinski definition) is 2. The van der Waals surface area contributed by atoms with E-state index in [0.29, 0.717) is 13.0 Å².